The maximum absolute atomic E-state index is 10.1. The van der Waals surface area contributed by atoms with Crippen LogP contribution in [0.2, 0.25) is 0 Å². The molecule has 1 heterocycles. The van der Waals surface area contributed by atoms with E-state index in [-0.39, 0.29) is 0 Å². The van der Waals surface area contributed by atoms with E-state index in [1.54, 1.807) is 6.07 Å². The molecular weight excluding hydrogens is 292 g/mol. The molecule has 0 spiro atoms. The van der Waals surface area contributed by atoms with E-state index < -0.39 is 0 Å². The molecule has 0 aromatic heterocycles. The monoisotopic (exact) mass is 312 g/mol. The average Bonchev–Trinajstić information content (AvgIpc) is 2.38. The standard InChI is InChI=1S/C14H21BrN2O/c1-2-3-13(17-8-6-16-7-9-17)12-5-4-11(15)10-14(12)18/h4-5,10,13,16,18H,2-3,6-9H2,1H3/t13-/m1/s1. The highest BCUT2D eigenvalue weighted by atomic mass is 79.9. The summed E-state index contributed by atoms with van der Waals surface area (Å²) in [6, 6.07) is 6.19. The Morgan fingerprint density at radius 1 is 1.39 bits per heavy atom. The van der Waals surface area contributed by atoms with Crippen LogP contribution in [0, 0.1) is 0 Å². The summed E-state index contributed by atoms with van der Waals surface area (Å²) in [4.78, 5) is 2.48. The van der Waals surface area contributed by atoms with E-state index in [4.69, 9.17) is 0 Å². The van der Waals surface area contributed by atoms with Crippen molar-refractivity contribution in [2.24, 2.45) is 0 Å². The van der Waals surface area contributed by atoms with Crippen molar-refractivity contribution in [3.63, 3.8) is 0 Å². The summed E-state index contributed by atoms with van der Waals surface area (Å²) in [5.74, 6) is 0.404. The van der Waals surface area contributed by atoms with Crippen LogP contribution in [-0.4, -0.2) is 36.2 Å². The average molecular weight is 313 g/mol. The minimum Gasteiger partial charge on any atom is -0.508 e. The van der Waals surface area contributed by atoms with Gasteiger partial charge in [-0.1, -0.05) is 35.3 Å². The van der Waals surface area contributed by atoms with Gasteiger partial charge in [0.05, 0.1) is 0 Å². The van der Waals surface area contributed by atoms with Crippen LogP contribution in [0.5, 0.6) is 5.75 Å². The molecule has 2 N–H and O–H groups in total. The number of hydrogen-bond donors (Lipinski definition) is 2. The fourth-order valence-corrected chi connectivity index (χ4v) is 2.95. The summed E-state index contributed by atoms with van der Waals surface area (Å²) in [5, 5.41) is 13.5. The Morgan fingerprint density at radius 3 is 2.72 bits per heavy atom. The third-order valence-corrected chi connectivity index (χ3v) is 4.00. The van der Waals surface area contributed by atoms with Gasteiger partial charge in [-0.2, -0.15) is 0 Å². The molecule has 1 aliphatic heterocycles. The topological polar surface area (TPSA) is 35.5 Å². The fraction of sp³-hybridized carbons (Fsp3) is 0.571. The molecule has 1 aliphatic rings. The van der Waals surface area contributed by atoms with E-state index in [0.717, 1.165) is 49.1 Å². The van der Waals surface area contributed by atoms with Gasteiger partial charge in [0.2, 0.25) is 0 Å². The maximum atomic E-state index is 10.1. The SMILES string of the molecule is CCC[C@H](c1ccc(Br)cc1O)N1CCNCC1. The highest BCUT2D eigenvalue weighted by molar-refractivity contribution is 9.10. The minimum atomic E-state index is 0.338. The highest BCUT2D eigenvalue weighted by Gasteiger charge is 2.23. The molecule has 1 aromatic rings. The lowest BCUT2D eigenvalue weighted by molar-refractivity contribution is 0.162. The number of rotatable bonds is 4. The third kappa shape index (κ3) is 3.25. The first-order valence-electron chi connectivity index (χ1n) is 6.65. The zero-order chi connectivity index (χ0) is 13.0. The maximum Gasteiger partial charge on any atom is 0.121 e. The quantitative estimate of drug-likeness (QED) is 0.897. The van der Waals surface area contributed by atoms with Crippen molar-refractivity contribution in [3.8, 4) is 5.75 Å². The van der Waals surface area contributed by atoms with E-state index in [0.29, 0.717) is 11.8 Å². The van der Waals surface area contributed by atoms with Crippen LogP contribution < -0.4 is 5.32 Å². The predicted octanol–water partition coefficient (Wildman–Crippen LogP) is 2.90. The molecule has 0 radical (unpaired) electrons. The largest absolute Gasteiger partial charge is 0.508 e. The summed E-state index contributed by atoms with van der Waals surface area (Å²) < 4.78 is 0.930. The van der Waals surface area contributed by atoms with Crippen molar-refractivity contribution in [1.29, 1.82) is 0 Å². The van der Waals surface area contributed by atoms with E-state index in [2.05, 4.69) is 33.1 Å². The normalized spacial score (nSPS) is 18.8. The third-order valence-electron chi connectivity index (χ3n) is 3.51. The Balaban J connectivity index is 2.22. The first-order valence-corrected chi connectivity index (χ1v) is 7.45. The van der Waals surface area contributed by atoms with Crippen molar-refractivity contribution in [3.05, 3.63) is 28.2 Å². The molecule has 100 valence electrons. The summed E-state index contributed by atoms with van der Waals surface area (Å²) in [5.41, 5.74) is 1.06. The number of aromatic hydroxyl groups is 1. The molecule has 1 atom stereocenters. The summed E-state index contributed by atoms with van der Waals surface area (Å²) >= 11 is 3.40. The Labute approximate surface area is 117 Å². The molecule has 1 saturated heterocycles. The summed E-state index contributed by atoms with van der Waals surface area (Å²) in [6.45, 7) is 6.39. The number of nitrogens with zero attached hydrogens (tertiary/aromatic N) is 1. The molecule has 3 nitrogen and oxygen atoms in total. The first-order chi connectivity index (χ1) is 8.72. The smallest absolute Gasteiger partial charge is 0.121 e. The second-order valence-electron chi connectivity index (χ2n) is 4.79. The van der Waals surface area contributed by atoms with Gasteiger partial charge in [0.1, 0.15) is 5.75 Å². The zero-order valence-corrected chi connectivity index (χ0v) is 12.4. The Morgan fingerprint density at radius 2 is 2.11 bits per heavy atom. The van der Waals surface area contributed by atoms with Crippen LogP contribution in [0.4, 0.5) is 0 Å². The van der Waals surface area contributed by atoms with Gasteiger partial charge in [0, 0.05) is 42.3 Å². The van der Waals surface area contributed by atoms with Crippen LogP contribution in [0.1, 0.15) is 31.4 Å². The lowest BCUT2D eigenvalue weighted by Crippen LogP contribution is -2.45. The summed E-state index contributed by atoms with van der Waals surface area (Å²) in [6.07, 6.45) is 2.22. The Hall–Kier alpha value is -0.580. The van der Waals surface area contributed by atoms with Crippen LogP contribution in [-0.2, 0) is 0 Å². The summed E-state index contributed by atoms with van der Waals surface area (Å²) in [7, 11) is 0. The van der Waals surface area contributed by atoms with E-state index in [1.165, 1.54) is 0 Å². The van der Waals surface area contributed by atoms with Gasteiger partial charge in [0.25, 0.3) is 0 Å². The minimum absolute atomic E-state index is 0.338. The lowest BCUT2D eigenvalue weighted by atomic mass is 9.99. The molecule has 0 saturated carbocycles. The van der Waals surface area contributed by atoms with Crippen LogP contribution in [0.3, 0.4) is 0 Å². The fourth-order valence-electron chi connectivity index (χ4n) is 2.60. The Kier molecular flexibility index (Phi) is 5.03. The van der Waals surface area contributed by atoms with E-state index in [9.17, 15) is 5.11 Å². The molecular formula is C14H21BrN2O. The van der Waals surface area contributed by atoms with E-state index in [1.807, 2.05) is 12.1 Å². The van der Waals surface area contributed by atoms with Gasteiger partial charge in [-0.15, -0.1) is 0 Å². The van der Waals surface area contributed by atoms with Gasteiger partial charge in [-0.3, -0.25) is 4.90 Å². The second-order valence-corrected chi connectivity index (χ2v) is 5.71. The van der Waals surface area contributed by atoms with Crippen molar-refractivity contribution in [2.45, 2.75) is 25.8 Å². The van der Waals surface area contributed by atoms with E-state index >= 15 is 0 Å². The number of benzene rings is 1. The first kappa shape index (κ1) is 13.8. The van der Waals surface area contributed by atoms with Gasteiger partial charge < -0.3 is 10.4 Å². The molecule has 0 amide bonds. The van der Waals surface area contributed by atoms with Crippen molar-refractivity contribution >= 4 is 15.9 Å². The van der Waals surface area contributed by atoms with Crippen molar-refractivity contribution in [2.75, 3.05) is 26.2 Å². The molecule has 1 aromatic carbocycles. The molecule has 0 bridgehead atoms. The number of nitrogens with one attached hydrogen (secondary N) is 1. The van der Waals surface area contributed by atoms with Gasteiger partial charge in [-0.05, 0) is 18.6 Å². The van der Waals surface area contributed by atoms with Crippen LogP contribution in [0.25, 0.3) is 0 Å². The number of phenols is 1. The van der Waals surface area contributed by atoms with Crippen molar-refractivity contribution < 1.29 is 5.11 Å². The zero-order valence-electron chi connectivity index (χ0n) is 10.8. The van der Waals surface area contributed by atoms with Crippen LogP contribution in [0.15, 0.2) is 22.7 Å². The Bertz CT molecular complexity index is 391. The number of phenolic OH excluding ortho intramolecular Hbond substituents is 1. The second kappa shape index (κ2) is 6.55. The highest BCUT2D eigenvalue weighted by Crippen LogP contribution is 2.34. The molecule has 2 rings (SSSR count). The lowest BCUT2D eigenvalue weighted by Gasteiger charge is -2.35. The molecule has 0 unspecified atom stereocenters. The van der Waals surface area contributed by atoms with Gasteiger partial charge >= 0.3 is 0 Å². The molecule has 0 aliphatic carbocycles. The number of piperazine rings is 1. The number of hydrogen-bond acceptors (Lipinski definition) is 3. The van der Waals surface area contributed by atoms with Gasteiger partial charge in [0.15, 0.2) is 0 Å². The van der Waals surface area contributed by atoms with Crippen molar-refractivity contribution in [1.82, 2.24) is 10.2 Å². The molecule has 1 fully saturated rings. The predicted molar refractivity (Wildman–Crippen MR) is 77.9 cm³/mol. The van der Waals surface area contributed by atoms with Gasteiger partial charge in [-0.25, -0.2) is 0 Å². The van der Waals surface area contributed by atoms with Crippen LogP contribution >= 0.6 is 15.9 Å². The molecule has 4 heteroatoms. The molecule has 18 heavy (non-hydrogen) atoms. The number of halogens is 1.